The second-order valence-electron chi connectivity index (χ2n) is 5.66. The Labute approximate surface area is 118 Å². The molecule has 1 aliphatic heterocycles. The van der Waals surface area contributed by atoms with Gasteiger partial charge in [0.1, 0.15) is 5.75 Å². The molecule has 1 aromatic carbocycles. The van der Waals surface area contributed by atoms with E-state index in [4.69, 9.17) is 4.74 Å². The van der Waals surface area contributed by atoms with Crippen LogP contribution in [0.1, 0.15) is 25.0 Å². The number of nitrogens with zero attached hydrogens (tertiary/aromatic N) is 1. The lowest BCUT2D eigenvalue weighted by Crippen LogP contribution is -2.43. The van der Waals surface area contributed by atoms with Gasteiger partial charge in [-0.25, -0.2) is 0 Å². The van der Waals surface area contributed by atoms with Crippen LogP contribution in [0.25, 0.3) is 0 Å². The highest BCUT2D eigenvalue weighted by Gasteiger charge is 2.21. The number of fused-ring (bicyclic) bond motifs is 1. The second-order valence-corrected chi connectivity index (χ2v) is 6.22. The van der Waals surface area contributed by atoms with E-state index in [0.717, 1.165) is 37.1 Å². The Balaban J connectivity index is 1.94. The maximum atomic E-state index is 5.53. The van der Waals surface area contributed by atoms with Crippen LogP contribution in [0.3, 0.4) is 0 Å². The van der Waals surface area contributed by atoms with Crippen molar-refractivity contribution in [2.75, 3.05) is 25.5 Å². The molecule has 100 valence electrons. The van der Waals surface area contributed by atoms with Crippen molar-refractivity contribution in [3.8, 4) is 5.75 Å². The molecule has 0 N–H and O–H groups in total. The molecular formula is C15H22BrNO. The van der Waals surface area contributed by atoms with Gasteiger partial charge in [-0.05, 0) is 44.5 Å². The Bertz CT molecular complexity index is 417. The largest absolute Gasteiger partial charge is 0.493 e. The Hall–Kier alpha value is -0.540. The predicted octanol–water partition coefficient (Wildman–Crippen LogP) is 3.27. The quantitative estimate of drug-likeness (QED) is 0.774. The lowest BCUT2D eigenvalue weighted by atomic mass is 10.0. The zero-order valence-electron chi connectivity index (χ0n) is 11.5. The molecule has 1 aromatic rings. The minimum absolute atomic E-state index is 0.208. The van der Waals surface area contributed by atoms with Gasteiger partial charge in [-0.15, -0.1) is 0 Å². The summed E-state index contributed by atoms with van der Waals surface area (Å²) in [5, 5.41) is 0.995. The molecular weight excluding hydrogens is 290 g/mol. The van der Waals surface area contributed by atoms with Gasteiger partial charge in [-0.2, -0.15) is 0 Å². The first kappa shape index (κ1) is 13.9. The molecule has 0 fully saturated rings. The van der Waals surface area contributed by atoms with E-state index in [1.54, 1.807) is 0 Å². The lowest BCUT2D eigenvalue weighted by Gasteiger charge is -2.34. The van der Waals surface area contributed by atoms with Gasteiger partial charge in [0, 0.05) is 23.8 Å². The van der Waals surface area contributed by atoms with Crippen molar-refractivity contribution in [1.29, 1.82) is 0 Å². The highest BCUT2D eigenvalue weighted by molar-refractivity contribution is 9.09. The first-order valence-electron chi connectivity index (χ1n) is 6.55. The summed E-state index contributed by atoms with van der Waals surface area (Å²) in [7, 11) is 2.19. The fourth-order valence-electron chi connectivity index (χ4n) is 2.10. The number of hydrogen-bond donors (Lipinski definition) is 0. The van der Waals surface area contributed by atoms with Crippen molar-refractivity contribution in [3.05, 3.63) is 29.3 Å². The zero-order chi connectivity index (χ0) is 13.2. The average Bonchev–Trinajstić information content (AvgIpc) is 2.83. The number of ether oxygens (including phenoxy) is 1. The van der Waals surface area contributed by atoms with Crippen molar-refractivity contribution in [2.24, 2.45) is 0 Å². The number of rotatable bonds is 5. The van der Waals surface area contributed by atoms with Crippen LogP contribution in [0, 0.1) is 0 Å². The number of benzene rings is 1. The van der Waals surface area contributed by atoms with Crippen molar-refractivity contribution >= 4 is 15.9 Å². The summed E-state index contributed by atoms with van der Waals surface area (Å²) in [5.41, 5.74) is 2.99. The van der Waals surface area contributed by atoms with E-state index in [-0.39, 0.29) is 5.54 Å². The van der Waals surface area contributed by atoms with Crippen LogP contribution in [0.2, 0.25) is 0 Å². The van der Waals surface area contributed by atoms with Gasteiger partial charge in [-0.3, -0.25) is 0 Å². The summed E-state index contributed by atoms with van der Waals surface area (Å²) in [6, 6.07) is 6.61. The van der Waals surface area contributed by atoms with Gasteiger partial charge >= 0.3 is 0 Å². The Morgan fingerprint density at radius 3 is 2.89 bits per heavy atom. The van der Waals surface area contributed by atoms with E-state index in [9.17, 15) is 0 Å². The van der Waals surface area contributed by atoms with Crippen LogP contribution in [0.5, 0.6) is 5.75 Å². The second kappa shape index (κ2) is 5.62. The van der Waals surface area contributed by atoms with Gasteiger partial charge in [0.15, 0.2) is 0 Å². The molecule has 0 unspecified atom stereocenters. The summed E-state index contributed by atoms with van der Waals surface area (Å²) >= 11 is 3.58. The van der Waals surface area contributed by atoms with Crippen LogP contribution in [0.15, 0.2) is 18.2 Å². The molecule has 0 bridgehead atoms. The third kappa shape index (κ3) is 3.07. The summed E-state index contributed by atoms with van der Waals surface area (Å²) in [4.78, 5) is 2.41. The van der Waals surface area contributed by atoms with Crippen molar-refractivity contribution in [1.82, 2.24) is 4.90 Å². The average molecular weight is 312 g/mol. The Morgan fingerprint density at radius 2 is 2.17 bits per heavy atom. The molecule has 0 amide bonds. The van der Waals surface area contributed by atoms with Crippen molar-refractivity contribution in [2.45, 2.75) is 32.2 Å². The summed E-state index contributed by atoms with van der Waals surface area (Å²) < 4.78 is 5.53. The minimum Gasteiger partial charge on any atom is -0.493 e. The molecule has 0 aromatic heterocycles. The molecule has 0 spiro atoms. The van der Waals surface area contributed by atoms with E-state index in [1.165, 1.54) is 11.1 Å². The first-order valence-corrected chi connectivity index (χ1v) is 7.67. The standard InChI is InChI=1S/C15H22BrNO/c1-15(2,11-16)17(3)8-6-12-4-5-14-13(10-12)7-9-18-14/h4-5,10H,6-9,11H2,1-3H3. The third-order valence-corrected chi connectivity index (χ3v) is 5.22. The van der Waals surface area contributed by atoms with Crippen LogP contribution in [-0.4, -0.2) is 36.0 Å². The maximum Gasteiger partial charge on any atom is 0.122 e. The van der Waals surface area contributed by atoms with Crippen molar-refractivity contribution < 1.29 is 4.74 Å². The lowest BCUT2D eigenvalue weighted by molar-refractivity contribution is 0.184. The fourth-order valence-corrected chi connectivity index (χ4v) is 2.52. The molecule has 18 heavy (non-hydrogen) atoms. The van der Waals surface area contributed by atoms with Crippen LogP contribution in [-0.2, 0) is 12.8 Å². The number of halogens is 1. The maximum absolute atomic E-state index is 5.53. The molecule has 0 radical (unpaired) electrons. The molecule has 0 atom stereocenters. The molecule has 1 heterocycles. The van der Waals surface area contributed by atoms with E-state index >= 15 is 0 Å². The summed E-state index contributed by atoms with van der Waals surface area (Å²) in [6.07, 6.45) is 2.16. The van der Waals surface area contributed by atoms with Gasteiger partial charge in [0.2, 0.25) is 0 Å². The predicted molar refractivity (Wildman–Crippen MR) is 79.8 cm³/mol. The topological polar surface area (TPSA) is 12.5 Å². The monoisotopic (exact) mass is 311 g/mol. The molecule has 0 saturated heterocycles. The normalized spacial score (nSPS) is 14.7. The third-order valence-electron chi connectivity index (χ3n) is 3.85. The first-order chi connectivity index (χ1) is 8.53. The summed E-state index contributed by atoms with van der Waals surface area (Å²) in [6.45, 7) is 6.45. The molecule has 0 saturated carbocycles. The van der Waals surface area contributed by atoms with Crippen LogP contribution < -0.4 is 4.74 Å². The Kier molecular flexibility index (Phi) is 4.33. The van der Waals surface area contributed by atoms with E-state index < -0.39 is 0 Å². The van der Waals surface area contributed by atoms with Gasteiger partial charge in [-0.1, -0.05) is 28.1 Å². The van der Waals surface area contributed by atoms with Crippen LogP contribution >= 0.6 is 15.9 Å². The summed E-state index contributed by atoms with van der Waals surface area (Å²) in [5.74, 6) is 1.08. The highest BCUT2D eigenvalue weighted by atomic mass is 79.9. The van der Waals surface area contributed by atoms with Crippen LogP contribution in [0.4, 0.5) is 0 Å². The molecule has 0 aliphatic carbocycles. The number of likely N-dealkylation sites (N-methyl/N-ethyl adjacent to an activating group) is 1. The molecule has 2 rings (SSSR count). The van der Waals surface area contributed by atoms with Gasteiger partial charge < -0.3 is 9.64 Å². The van der Waals surface area contributed by atoms with E-state index in [1.807, 2.05) is 0 Å². The smallest absolute Gasteiger partial charge is 0.122 e. The van der Waals surface area contributed by atoms with E-state index in [0.29, 0.717) is 0 Å². The van der Waals surface area contributed by atoms with E-state index in [2.05, 4.69) is 59.9 Å². The van der Waals surface area contributed by atoms with Crippen molar-refractivity contribution in [3.63, 3.8) is 0 Å². The van der Waals surface area contributed by atoms with Gasteiger partial charge in [0.05, 0.1) is 6.61 Å². The minimum atomic E-state index is 0.208. The number of hydrogen-bond acceptors (Lipinski definition) is 2. The van der Waals surface area contributed by atoms with Gasteiger partial charge in [0.25, 0.3) is 0 Å². The zero-order valence-corrected chi connectivity index (χ0v) is 13.1. The molecule has 1 aliphatic rings. The molecule has 3 heteroatoms. The SMILES string of the molecule is CN(CCc1ccc2c(c1)CCO2)C(C)(C)CBr. The number of alkyl halides is 1. The Morgan fingerprint density at radius 1 is 1.39 bits per heavy atom. The molecule has 2 nitrogen and oxygen atoms in total. The highest BCUT2D eigenvalue weighted by Crippen LogP contribution is 2.26. The fraction of sp³-hybridized carbons (Fsp3) is 0.600.